The van der Waals surface area contributed by atoms with Crippen molar-refractivity contribution in [1.29, 1.82) is 0 Å². The molecule has 0 aliphatic rings. The van der Waals surface area contributed by atoms with E-state index in [1.165, 1.54) is 0 Å². The summed E-state index contributed by atoms with van der Waals surface area (Å²) < 4.78 is 0. The molecule has 0 fully saturated rings. The molecule has 0 saturated carbocycles. The van der Waals surface area contributed by atoms with Gasteiger partial charge < -0.3 is 20.1 Å². The molecule has 6 heteroatoms. The van der Waals surface area contributed by atoms with Crippen LogP contribution in [0.1, 0.15) is 20.8 Å². The SMILES string of the molecule is CC(C)(C)O.O=C([O-])[O-].[Cs+].[Cs+]. The third-order valence-corrected chi connectivity index (χ3v) is 0. The molecular formula is C5H10Cs2O4. The van der Waals surface area contributed by atoms with Crippen LogP contribution in [0, 0.1) is 0 Å². The van der Waals surface area contributed by atoms with Gasteiger partial charge in [0, 0.05) is 0 Å². The summed E-state index contributed by atoms with van der Waals surface area (Å²) in [6.07, 6.45) is -2.33. The standard InChI is InChI=1S/C4H10O.CH2O3.2Cs/c1-4(2,3)5;2-1(3)4;;/h5H,1-3H3;(H2,2,3,4);;/q;;2*+1/p-2. The Labute approximate surface area is 184 Å². The first-order valence-corrected chi connectivity index (χ1v) is 2.34. The number of carbonyl (C=O) groups is 1. The first-order chi connectivity index (χ1) is 3.73. The van der Waals surface area contributed by atoms with E-state index in [2.05, 4.69) is 0 Å². The topological polar surface area (TPSA) is 83.4 Å². The fourth-order valence-corrected chi connectivity index (χ4v) is 0. The van der Waals surface area contributed by atoms with Crippen molar-refractivity contribution >= 4 is 6.16 Å². The van der Waals surface area contributed by atoms with Crippen molar-refractivity contribution in [3.05, 3.63) is 0 Å². The van der Waals surface area contributed by atoms with E-state index >= 15 is 0 Å². The molecule has 0 spiro atoms. The maximum atomic E-state index is 8.52. The number of carbonyl (C=O) groups excluding carboxylic acids is 1. The molecule has 0 aliphatic heterocycles. The van der Waals surface area contributed by atoms with E-state index in [0.29, 0.717) is 0 Å². The molecular weight excluding hydrogens is 390 g/mol. The number of aliphatic hydroxyl groups is 1. The molecule has 0 atom stereocenters. The molecule has 0 aromatic rings. The molecule has 0 aromatic heterocycles. The van der Waals surface area contributed by atoms with Gasteiger partial charge in [-0.25, -0.2) is 0 Å². The second-order valence-electron chi connectivity index (χ2n) is 2.42. The Balaban J connectivity index is -0.0000000383. The quantitative estimate of drug-likeness (QED) is 0.438. The van der Waals surface area contributed by atoms with Gasteiger partial charge in [-0.2, -0.15) is 0 Å². The number of rotatable bonds is 0. The molecule has 1 N–H and O–H groups in total. The van der Waals surface area contributed by atoms with Gasteiger partial charge in [0.15, 0.2) is 0 Å². The van der Waals surface area contributed by atoms with Crippen LogP contribution >= 0.6 is 0 Å². The third kappa shape index (κ3) is 154. The average molecular weight is 400 g/mol. The van der Waals surface area contributed by atoms with Crippen LogP contribution in [0.5, 0.6) is 0 Å². The maximum absolute atomic E-state index is 8.52. The molecule has 0 bridgehead atoms. The van der Waals surface area contributed by atoms with Crippen LogP contribution in [0.2, 0.25) is 0 Å². The monoisotopic (exact) mass is 400 g/mol. The van der Waals surface area contributed by atoms with Crippen molar-refractivity contribution in [2.75, 3.05) is 0 Å². The summed E-state index contributed by atoms with van der Waals surface area (Å²) >= 11 is 0. The Hall–Kier alpha value is 3.33. The molecule has 0 aliphatic carbocycles. The van der Waals surface area contributed by atoms with Crippen molar-refractivity contribution in [2.45, 2.75) is 26.4 Å². The van der Waals surface area contributed by atoms with Crippen LogP contribution < -0.4 is 148 Å². The van der Waals surface area contributed by atoms with E-state index in [1.54, 1.807) is 20.8 Å². The minimum absolute atomic E-state index is 0. The second kappa shape index (κ2) is 13.3. The summed E-state index contributed by atoms with van der Waals surface area (Å²) in [7, 11) is 0. The molecule has 0 saturated heterocycles. The number of hydrogen-bond donors (Lipinski definition) is 1. The van der Waals surface area contributed by atoms with Crippen LogP contribution in [0.3, 0.4) is 0 Å². The van der Waals surface area contributed by atoms with Crippen molar-refractivity contribution < 1.29 is 158 Å². The van der Waals surface area contributed by atoms with Crippen molar-refractivity contribution in [1.82, 2.24) is 0 Å². The van der Waals surface area contributed by atoms with E-state index in [9.17, 15) is 0 Å². The number of carboxylic acid groups (broad SMARTS) is 2. The smallest absolute Gasteiger partial charge is 0.652 e. The summed E-state index contributed by atoms with van der Waals surface area (Å²) in [5, 5.41) is 25.2. The van der Waals surface area contributed by atoms with Gasteiger partial charge >= 0.3 is 138 Å². The Bertz CT molecular complexity index is 79.0. The van der Waals surface area contributed by atoms with E-state index < -0.39 is 11.8 Å². The largest absolute Gasteiger partial charge is 1.00 e. The van der Waals surface area contributed by atoms with Gasteiger partial charge in [-0.3, -0.25) is 0 Å². The Morgan fingerprint density at radius 2 is 1.18 bits per heavy atom. The van der Waals surface area contributed by atoms with Gasteiger partial charge in [-0.05, 0) is 26.9 Å². The predicted molar refractivity (Wildman–Crippen MR) is 27.4 cm³/mol. The Morgan fingerprint density at radius 1 is 1.18 bits per heavy atom. The minimum Gasteiger partial charge on any atom is -0.652 e. The normalized spacial score (nSPS) is 7.64. The fourth-order valence-electron chi connectivity index (χ4n) is 0. The molecule has 11 heavy (non-hydrogen) atoms. The van der Waals surface area contributed by atoms with Crippen LogP contribution in [0.25, 0.3) is 0 Å². The van der Waals surface area contributed by atoms with Crippen LogP contribution in [-0.2, 0) is 0 Å². The molecule has 56 valence electrons. The molecule has 0 aromatic carbocycles. The third-order valence-electron chi connectivity index (χ3n) is 0. The van der Waals surface area contributed by atoms with Gasteiger partial charge in [0.25, 0.3) is 0 Å². The molecule has 4 nitrogen and oxygen atoms in total. The summed E-state index contributed by atoms with van der Waals surface area (Å²) in [6.45, 7) is 5.23. The average Bonchev–Trinajstić information content (AvgIpc) is 1.19. The zero-order valence-electron chi connectivity index (χ0n) is 7.67. The Kier molecular flexibility index (Phi) is 28.9. The summed E-state index contributed by atoms with van der Waals surface area (Å²) in [4.78, 5) is 8.33. The predicted octanol–water partition coefficient (Wildman–Crippen LogP) is -7.66. The fraction of sp³-hybridized carbons (Fsp3) is 0.800. The van der Waals surface area contributed by atoms with Crippen LogP contribution in [0.15, 0.2) is 0 Å². The molecule has 0 rings (SSSR count). The molecule has 0 amide bonds. The van der Waals surface area contributed by atoms with Crippen LogP contribution in [-0.4, -0.2) is 16.9 Å². The minimum atomic E-state index is -2.33. The van der Waals surface area contributed by atoms with E-state index in [0.717, 1.165) is 0 Å². The zero-order chi connectivity index (χ0) is 8.08. The zero-order valence-corrected chi connectivity index (χ0v) is 20.2. The van der Waals surface area contributed by atoms with Gasteiger partial charge in [0.05, 0.1) is 5.60 Å². The Morgan fingerprint density at radius 3 is 1.18 bits per heavy atom. The first kappa shape index (κ1) is 23.9. The van der Waals surface area contributed by atoms with E-state index in [1.807, 2.05) is 0 Å². The number of hydrogen-bond acceptors (Lipinski definition) is 4. The van der Waals surface area contributed by atoms with Crippen molar-refractivity contribution in [2.24, 2.45) is 0 Å². The van der Waals surface area contributed by atoms with Gasteiger partial charge in [0.1, 0.15) is 0 Å². The first-order valence-electron chi connectivity index (χ1n) is 2.34. The van der Waals surface area contributed by atoms with E-state index in [4.69, 9.17) is 20.1 Å². The summed E-state index contributed by atoms with van der Waals surface area (Å²) in [5.41, 5.74) is -0.500. The van der Waals surface area contributed by atoms with Gasteiger partial charge in [0.2, 0.25) is 0 Å². The van der Waals surface area contributed by atoms with Crippen molar-refractivity contribution in [3.63, 3.8) is 0 Å². The summed E-state index contributed by atoms with van der Waals surface area (Å²) in [5.74, 6) is 0. The maximum Gasteiger partial charge on any atom is 1.00 e. The van der Waals surface area contributed by atoms with Crippen molar-refractivity contribution in [3.8, 4) is 0 Å². The second-order valence-corrected chi connectivity index (χ2v) is 2.42. The van der Waals surface area contributed by atoms with Gasteiger partial charge in [-0.1, -0.05) is 0 Å². The van der Waals surface area contributed by atoms with Crippen LogP contribution in [0.4, 0.5) is 4.79 Å². The molecule has 0 unspecified atom stereocenters. The molecule has 0 radical (unpaired) electrons. The van der Waals surface area contributed by atoms with Gasteiger partial charge in [-0.15, -0.1) is 0 Å². The van der Waals surface area contributed by atoms with E-state index in [-0.39, 0.29) is 138 Å². The summed E-state index contributed by atoms with van der Waals surface area (Å²) in [6, 6.07) is 0. The molecule has 0 heterocycles.